The molecule has 23 heavy (non-hydrogen) atoms. The van der Waals surface area contributed by atoms with Crippen molar-refractivity contribution < 1.29 is 22.7 Å². The Morgan fingerprint density at radius 3 is 2.52 bits per heavy atom. The highest BCUT2D eigenvalue weighted by atomic mass is 32.1. The highest BCUT2D eigenvalue weighted by Gasteiger charge is 2.38. The summed E-state index contributed by atoms with van der Waals surface area (Å²) in [6.07, 6.45) is -4.58. The van der Waals surface area contributed by atoms with E-state index < -0.39 is 23.3 Å². The zero-order valence-electron chi connectivity index (χ0n) is 13.1. The van der Waals surface area contributed by atoms with Gasteiger partial charge in [0.05, 0.1) is 12.3 Å². The van der Waals surface area contributed by atoms with Crippen LogP contribution >= 0.6 is 11.3 Å². The molecular weight excluding hydrogens is 331 g/mol. The van der Waals surface area contributed by atoms with Gasteiger partial charge in [-0.2, -0.15) is 18.3 Å². The summed E-state index contributed by atoms with van der Waals surface area (Å²) < 4.78 is 45.3. The van der Waals surface area contributed by atoms with E-state index in [0.717, 1.165) is 22.1 Å². The maximum atomic E-state index is 13.2. The SMILES string of the molecule is CCOC(=O)c1csc(-n2nc(C(C)(C)C)cc2C(F)(F)F)n1. The Morgan fingerprint density at radius 2 is 2.00 bits per heavy atom. The zero-order valence-corrected chi connectivity index (χ0v) is 13.9. The Morgan fingerprint density at radius 1 is 1.35 bits per heavy atom. The van der Waals surface area contributed by atoms with Gasteiger partial charge in [0.1, 0.15) is 0 Å². The first-order valence-corrected chi connectivity index (χ1v) is 7.72. The first kappa shape index (κ1) is 17.5. The van der Waals surface area contributed by atoms with Gasteiger partial charge in [0, 0.05) is 10.8 Å². The minimum atomic E-state index is -4.58. The molecule has 0 N–H and O–H groups in total. The molecule has 2 aromatic heterocycles. The summed E-state index contributed by atoms with van der Waals surface area (Å²) in [5.74, 6) is -0.674. The van der Waals surface area contributed by atoms with E-state index in [1.807, 2.05) is 0 Å². The molecule has 2 heterocycles. The van der Waals surface area contributed by atoms with Crippen molar-refractivity contribution in [1.29, 1.82) is 0 Å². The quantitative estimate of drug-likeness (QED) is 0.792. The summed E-state index contributed by atoms with van der Waals surface area (Å²) in [5.41, 5.74) is -1.22. The van der Waals surface area contributed by atoms with Gasteiger partial charge in [-0.3, -0.25) is 0 Å². The standard InChI is InChI=1S/C14H16F3N3O2S/c1-5-22-11(21)8-7-23-12(18-8)20-10(14(15,16)17)6-9(19-20)13(2,3)4/h6-7H,5H2,1-4H3. The fourth-order valence-corrected chi connectivity index (χ4v) is 2.51. The molecule has 0 fully saturated rings. The van der Waals surface area contributed by atoms with E-state index in [1.165, 1.54) is 5.38 Å². The number of esters is 1. The number of carbonyl (C=O) groups is 1. The van der Waals surface area contributed by atoms with Crippen molar-refractivity contribution in [3.8, 4) is 5.13 Å². The predicted octanol–water partition coefficient (Wildman–Crippen LogP) is 3.82. The summed E-state index contributed by atoms with van der Waals surface area (Å²) in [6, 6.07) is 1.01. The Balaban J connectivity index is 2.50. The van der Waals surface area contributed by atoms with Gasteiger partial charge in [0.25, 0.3) is 0 Å². The molecule has 5 nitrogen and oxygen atoms in total. The van der Waals surface area contributed by atoms with Crippen LogP contribution in [0.5, 0.6) is 0 Å². The number of nitrogens with zero attached hydrogens (tertiary/aromatic N) is 3. The molecule has 0 aliphatic heterocycles. The maximum absolute atomic E-state index is 13.2. The zero-order chi connectivity index (χ0) is 17.4. The Bertz CT molecular complexity index is 714. The second-order valence-electron chi connectivity index (χ2n) is 5.81. The molecule has 0 amide bonds. The van der Waals surface area contributed by atoms with Gasteiger partial charge in [0.2, 0.25) is 5.13 Å². The summed E-state index contributed by atoms with van der Waals surface area (Å²) in [5, 5.41) is 5.35. The van der Waals surface area contributed by atoms with E-state index >= 15 is 0 Å². The van der Waals surface area contributed by atoms with Gasteiger partial charge in [-0.15, -0.1) is 11.3 Å². The number of hydrogen-bond donors (Lipinski definition) is 0. The van der Waals surface area contributed by atoms with Gasteiger partial charge in [0.15, 0.2) is 11.4 Å². The van der Waals surface area contributed by atoms with E-state index in [0.29, 0.717) is 0 Å². The summed E-state index contributed by atoms with van der Waals surface area (Å²) in [7, 11) is 0. The molecule has 0 aromatic carbocycles. The van der Waals surface area contributed by atoms with Crippen LogP contribution in [-0.2, 0) is 16.3 Å². The van der Waals surface area contributed by atoms with Crippen LogP contribution < -0.4 is 0 Å². The lowest BCUT2D eigenvalue weighted by Crippen LogP contribution is -2.14. The van der Waals surface area contributed by atoms with Gasteiger partial charge >= 0.3 is 12.1 Å². The average molecular weight is 347 g/mol. The van der Waals surface area contributed by atoms with Crippen molar-refractivity contribution >= 4 is 17.3 Å². The summed E-state index contributed by atoms with van der Waals surface area (Å²) in [6.45, 7) is 7.11. The fourth-order valence-electron chi connectivity index (χ4n) is 1.76. The van der Waals surface area contributed by atoms with Crippen molar-refractivity contribution in [1.82, 2.24) is 14.8 Å². The number of aromatic nitrogens is 3. The number of hydrogen-bond acceptors (Lipinski definition) is 5. The minimum absolute atomic E-state index is 0.0316. The lowest BCUT2D eigenvalue weighted by Gasteiger charge is -2.13. The van der Waals surface area contributed by atoms with Crippen molar-refractivity contribution in [2.45, 2.75) is 39.3 Å². The molecule has 0 aliphatic rings. The molecule has 0 saturated heterocycles. The van der Waals surface area contributed by atoms with E-state index in [1.54, 1.807) is 27.7 Å². The first-order valence-electron chi connectivity index (χ1n) is 6.84. The largest absolute Gasteiger partial charge is 0.461 e. The number of ether oxygens (including phenoxy) is 1. The van der Waals surface area contributed by atoms with Crippen molar-refractivity contribution in [2.24, 2.45) is 0 Å². The molecular formula is C14H16F3N3O2S. The Hall–Kier alpha value is -1.90. The lowest BCUT2D eigenvalue weighted by atomic mass is 9.92. The number of carbonyl (C=O) groups excluding carboxylic acids is 1. The molecule has 9 heteroatoms. The van der Waals surface area contributed by atoms with Gasteiger partial charge in [-0.25, -0.2) is 14.5 Å². The molecule has 0 radical (unpaired) electrons. The topological polar surface area (TPSA) is 57.0 Å². The predicted molar refractivity (Wildman–Crippen MR) is 78.9 cm³/mol. The smallest absolute Gasteiger partial charge is 0.433 e. The highest BCUT2D eigenvalue weighted by Crippen LogP contribution is 2.34. The molecule has 0 aliphatic carbocycles. The number of rotatable bonds is 3. The molecule has 0 atom stereocenters. The van der Waals surface area contributed by atoms with E-state index in [4.69, 9.17) is 4.74 Å². The van der Waals surface area contributed by atoms with E-state index in [-0.39, 0.29) is 23.1 Å². The van der Waals surface area contributed by atoms with E-state index in [2.05, 4.69) is 10.1 Å². The molecule has 0 bridgehead atoms. The van der Waals surface area contributed by atoms with Gasteiger partial charge in [-0.1, -0.05) is 20.8 Å². The number of thiazole rings is 1. The molecule has 0 spiro atoms. The van der Waals surface area contributed by atoms with E-state index in [9.17, 15) is 18.0 Å². The normalized spacial score (nSPS) is 12.5. The van der Waals surface area contributed by atoms with Crippen LogP contribution in [-0.4, -0.2) is 27.3 Å². The molecule has 2 aromatic rings. The van der Waals surface area contributed by atoms with Crippen LogP contribution in [0.1, 0.15) is 49.6 Å². The number of halogens is 3. The molecule has 2 rings (SSSR count). The Labute approximate surface area is 135 Å². The van der Waals surface area contributed by atoms with Gasteiger partial charge < -0.3 is 4.74 Å². The van der Waals surface area contributed by atoms with Crippen molar-refractivity contribution in [3.05, 3.63) is 28.5 Å². The molecule has 0 unspecified atom stereocenters. The number of alkyl halides is 3. The van der Waals surface area contributed by atoms with Crippen LogP contribution in [0.4, 0.5) is 13.2 Å². The third-order valence-electron chi connectivity index (χ3n) is 2.93. The molecule has 126 valence electrons. The highest BCUT2D eigenvalue weighted by molar-refractivity contribution is 7.12. The van der Waals surface area contributed by atoms with Crippen LogP contribution in [0.2, 0.25) is 0 Å². The average Bonchev–Trinajstić information content (AvgIpc) is 3.04. The first-order chi connectivity index (χ1) is 10.5. The third-order valence-corrected chi connectivity index (χ3v) is 3.74. The minimum Gasteiger partial charge on any atom is -0.461 e. The lowest BCUT2D eigenvalue weighted by molar-refractivity contribution is -0.142. The van der Waals surface area contributed by atoms with Crippen LogP contribution in [0, 0.1) is 0 Å². The fraction of sp³-hybridized carbons (Fsp3) is 0.500. The summed E-state index contributed by atoms with van der Waals surface area (Å²) >= 11 is 0.900. The third kappa shape index (κ3) is 3.72. The van der Waals surface area contributed by atoms with Gasteiger partial charge in [-0.05, 0) is 13.0 Å². The second-order valence-corrected chi connectivity index (χ2v) is 6.65. The Kier molecular flexibility index (Phi) is 4.52. The summed E-state index contributed by atoms with van der Waals surface area (Å²) in [4.78, 5) is 15.5. The monoisotopic (exact) mass is 347 g/mol. The molecule has 0 saturated carbocycles. The maximum Gasteiger partial charge on any atom is 0.433 e. The van der Waals surface area contributed by atoms with Crippen molar-refractivity contribution in [2.75, 3.05) is 6.61 Å². The van der Waals surface area contributed by atoms with Crippen molar-refractivity contribution in [3.63, 3.8) is 0 Å². The van der Waals surface area contributed by atoms with Crippen LogP contribution in [0.3, 0.4) is 0 Å². The van der Waals surface area contributed by atoms with Crippen LogP contribution in [0.15, 0.2) is 11.4 Å². The second kappa shape index (κ2) is 5.95. The van der Waals surface area contributed by atoms with Crippen LogP contribution in [0.25, 0.3) is 5.13 Å².